The van der Waals surface area contributed by atoms with Crippen molar-refractivity contribution < 1.29 is 4.48 Å². The van der Waals surface area contributed by atoms with Gasteiger partial charge in [0.25, 0.3) is 0 Å². The van der Waals surface area contributed by atoms with Crippen LogP contribution in [0.4, 0.5) is 11.4 Å². The third-order valence-corrected chi connectivity index (χ3v) is 5.45. The molecule has 0 unspecified atom stereocenters. The van der Waals surface area contributed by atoms with E-state index in [1.807, 2.05) is 12.1 Å². The Morgan fingerprint density at radius 1 is 1.00 bits per heavy atom. The molecule has 22 heavy (non-hydrogen) atoms. The van der Waals surface area contributed by atoms with Crippen LogP contribution in [0.15, 0.2) is 24.3 Å². The number of nitrogens with zero attached hydrogens (tertiary/aromatic N) is 3. The highest BCUT2D eigenvalue weighted by Crippen LogP contribution is 2.20. The van der Waals surface area contributed by atoms with Crippen molar-refractivity contribution in [3.05, 3.63) is 24.3 Å². The number of quaternary nitrogens is 1. The number of likely N-dealkylation sites (tertiary alicyclic amines) is 1. The first-order valence-corrected chi connectivity index (χ1v) is 8.81. The van der Waals surface area contributed by atoms with Crippen LogP contribution in [0.2, 0.25) is 0 Å². The van der Waals surface area contributed by atoms with E-state index in [9.17, 15) is 0 Å². The molecule has 2 aliphatic heterocycles. The van der Waals surface area contributed by atoms with Gasteiger partial charge in [0.15, 0.2) is 0 Å². The maximum Gasteiger partial charge on any atom is 0.0963 e. The van der Waals surface area contributed by atoms with E-state index in [1.54, 1.807) is 0 Å². The molecule has 2 heterocycles. The van der Waals surface area contributed by atoms with Gasteiger partial charge in [0.05, 0.1) is 39.8 Å². The van der Waals surface area contributed by atoms with Crippen molar-refractivity contribution in [2.24, 2.45) is 0 Å². The Morgan fingerprint density at radius 2 is 1.64 bits per heavy atom. The summed E-state index contributed by atoms with van der Waals surface area (Å²) < 4.78 is 1.24. The Morgan fingerprint density at radius 3 is 2.27 bits per heavy atom. The van der Waals surface area contributed by atoms with Crippen molar-refractivity contribution in [1.82, 2.24) is 4.90 Å². The molecule has 1 aromatic rings. The van der Waals surface area contributed by atoms with Gasteiger partial charge in [-0.1, -0.05) is 0 Å². The summed E-state index contributed by atoms with van der Waals surface area (Å²) in [5.74, 6) is 0. The van der Waals surface area contributed by atoms with Crippen LogP contribution < -0.4 is 10.6 Å². The Bertz CT molecular complexity index is 456. The largest absolute Gasteiger partial charge is 0.399 e. The van der Waals surface area contributed by atoms with Crippen molar-refractivity contribution in [1.29, 1.82) is 0 Å². The highest BCUT2D eigenvalue weighted by atomic mass is 15.4. The summed E-state index contributed by atoms with van der Waals surface area (Å²) in [4.78, 5) is 5.14. The molecule has 2 fully saturated rings. The zero-order valence-corrected chi connectivity index (χ0v) is 14.0. The predicted molar refractivity (Wildman–Crippen MR) is 94.1 cm³/mol. The molecule has 0 aliphatic carbocycles. The molecule has 0 saturated carbocycles. The summed E-state index contributed by atoms with van der Waals surface area (Å²) in [5.41, 5.74) is 7.95. The van der Waals surface area contributed by atoms with Gasteiger partial charge in [-0.2, -0.15) is 0 Å². The number of anilines is 2. The van der Waals surface area contributed by atoms with Crippen molar-refractivity contribution in [3.63, 3.8) is 0 Å². The third kappa shape index (κ3) is 3.93. The van der Waals surface area contributed by atoms with Crippen LogP contribution in [0, 0.1) is 0 Å². The second kappa shape index (κ2) is 6.88. The first kappa shape index (κ1) is 15.6. The molecule has 0 bridgehead atoms. The van der Waals surface area contributed by atoms with Crippen LogP contribution in [-0.4, -0.2) is 68.8 Å². The van der Waals surface area contributed by atoms with Gasteiger partial charge in [-0.15, -0.1) is 0 Å². The van der Waals surface area contributed by atoms with Gasteiger partial charge in [-0.25, -0.2) is 0 Å². The van der Waals surface area contributed by atoms with Crippen LogP contribution in [0.5, 0.6) is 0 Å². The second-order valence-electron chi connectivity index (χ2n) is 7.27. The number of nitrogens with two attached hydrogens (primary N) is 1. The summed E-state index contributed by atoms with van der Waals surface area (Å²) in [7, 11) is 2.43. The van der Waals surface area contributed by atoms with Crippen molar-refractivity contribution in [2.45, 2.75) is 19.3 Å². The fraction of sp³-hybridized carbons (Fsp3) is 0.667. The standard InChI is InChI=1S/C18H31N4/c1-22(14-4-11-20-9-2-3-10-20)15-12-21(13-16-22)18-7-5-17(19)6-8-18/h5-8H,2-4,9-16,19H2,1H3/q+1. The lowest BCUT2D eigenvalue weighted by molar-refractivity contribution is -0.910. The van der Waals surface area contributed by atoms with Crippen molar-refractivity contribution >= 4 is 11.4 Å². The normalized spacial score (nSPS) is 22.1. The Hall–Kier alpha value is -1.26. The van der Waals surface area contributed by atoms with Crippen LogP contribution in [0.1, 0.15) is 19.3 Å². The Balaban J connectivity index is 1.44. The second-order valence-corrected chi connectivity index (χ2v) is 7.27. The minimum atomic E-state index is 0.850. The SMILES string of the molecule is C[N+]1(CCCN2CCCC2)CCN(c2ccc(N)cc2)CC1. The summed E-state index contributed by atoms with van der Waals surface area (Å²) >= 11 is 0. The first-order chi connectivity index (χ1) is 10.6. The minimum Gasteiger partial charge on any atom is -0.399 e. The molecule has 0 aromatic heterocycles. The van der Waals surface area contributed by atoms with Gasteiger partial charge in [0, 0.05) is 24.3 Å². The summed E-state index contributed by atoms with van der Waals surface area (Å²) in [5, 5.41) is 0. The molecule has 122 valence electrons. The number of benzene rings is 1. The fourth-order valence-electron chi connectivity index (χ4n) is 3.80. The molecule has 2 N–H and O–H groups in total. The monoisotopic (exact) mass is 303 g/mol. The topological polar surface area (TPSA) is 32.5 Å². The maximum absolute atomic E-state index is 5.78. The molecule has 2 aliphatic rings. The highest BCUT2D eigenvalue weighted by Gasteiger charge is 2.28. The average Bonchev–Trinajstić information content (AvgIpc) is 3.02. The van der Waals surface area contributed by atoms with Crippen molar-refractivity contribution in [3.8, 4) is 0 Å². The minimum absolute atomic E-state index is 0.850. The zero-order chi connectivity index (χ0) is 15.4. The van der Waals surface area contributed by atoms with E-state index in [-0.39, 0.29) is 0 Å². The smallest absolute Gasteiger partial charge is 0.0963 e. The average molecular weight is 303 g/mol. The molecule has 4 nitrogen and oxygen atoms in total. The van der Waals surface area contributed by atoms with Crippen LogP contribution in [0.25, 0.3) is 0 Å². The number of hydrogen-bond acceptors (Lipinski definition) is 3. The quantitative estimate of drug-likeness (QED) is 0.667. The van der Waals surface area contributed by atoms with Gasteiger partial charge < -0.3 is 20.0 Å². The lowest BCUT2D eigenvalue weighted by atomic mass is 10.2. The molecule has 0 atom stereocenters. The first-order valence-electron chi connectivity index (χ1n) is 8.81. The van der Waals surface area contributed by atoms with Gasteiger partial charge in [0.1, 0.15) is 0 Å². The Kier molecular flexibility index (Phi) is 4.89. The molecular formula is C18H31N4+. The van der Waals surface area contributed by atoms with E-state index in [4.69, 9.17) is 5.73 Å². The van der Waals surface area contributed by atoms with Crippen molar-refractivity contribution in [2.75, 3.05) is 70.0 Å². The molecule has 4 heteroatoms. The number of piperazine rings is 1. The summed E-state index contributed by atoms with van der Waals surface area (Å²) in [6.07, 6.45) is 4.16. The van der Waals surface area contributed by atoms with Gasteiger partial charge in [-0.05, 0) is 50.2 Å². The van der Waals surface area contributed by atoms with E-state index in [0.717, 1.165) is 18.8 Å². The van der Waals surface area contributed by atoms with E-state index < -0.39 is 0 Å². The predicted octanol–water partition coefficient (Wildman–Crippen LogP) is 2.02. The summed E-state index contributed by atoms with van der Waals surface area (Å²) in [6.45, 7) is 10.1. The number of hydrogen-bond donors (Lipinski definition) is 1. The third-order valence-electron chi connectivity index (χ3n) is 5.45. The van der Waals surface area contributed by atoms with Crippen LogP contribution in [-0.2, 0) is 0 Å². The maximum atomic E-state index is 5.78. The van der Waals surface area contributed by atoms with E-state index in [0.29, 0.717) is 0 Å². The molecule has 0 radical (unpaired) electrons. The van der Waals surface area contributed by atoms with E-state index >= 15 is 0 Å². The summed E-state index contributed by atoms with van der Waals surface area (Å²) in [6, 6.07) is 8.32. The van der Waals surface area contributed by atoms with Gasteiger partial charge in [-0.3, -0.25) is 0 Å². The lowest BCUT2D eigenvalue weighted by Gasteiger charge is -2.43. The molecular weight excluding hydrogens is 272 g/mol. The lowest BCUT2D eigenvalue weighted by Crippen LogP contribution is -2.58. The van der Waals surface area contributed by atoms with Gasteiger partial charge >= 0.3 is 0 Å². The fourth-order valence-corrected chi connectivity index (χ4v) is 3.80. The number of likely N-dealkylation sites (N-methyl/N-ethyl adjacent to an activating group) is 1. The molecule has 1 aromatic carbocycles. The van der Waals surface area contributed by atoms with Gasteiger partial charge in [0.2, 0.25) is 0 Å². The van der Waals surface area contributed by atoms with E-state index in [2.05, 4.69) is 29.0 Å². The number of nitrogen functional groups attached to an aromatic ring is 1. The van der Waals surface area contributed by atoms with E-state index in [1.165, 1.54) is 68.7 Å². The molecule has 0 spiro atoms. The zero-order valence-electron chi connectivity index (χ0n) is 14.0. The molecule has 3 rings (SSSR count). The molecule has 2 saturated heterocycles. The highest BCUT2D eigenvalue weighted by molar-refractivity contribution is 5.53. The number of rotatable bonds is 5. The van der Waals surface area contributed by atoms with Crippen LogP contribution in [0.3, 0.4) is 0 Å². The molecule has 0 amide bonds. The Labute approximate surface area is 135 Å². The van der Waals surface area contributed by atoms with Crippen LogP contribution >= 0.6 is 0 Å².